The summed E-state index contributed by atoms with van der Waals surface area (Å²) in [6.07, 6.45) is -3.56. The fraction of sp³-hybridized carbons (Fsp3) is 0.545. The van der Waals surface area contributed by atoms with Crippen LogP contribution in [0.1, 0.15) is 25.8 Å². The number of nitrogens with one attached hydrogen (secondary N) is 2. The van der Waals surface area contributed by atoms with E-state index >= 15 is 0 Å². The molecule has 0 spiro atoms. The molecule has 1 heterocycles. The van der Waals surface area contributed by atoms with Crippen molar-refractivity contribution in [1.29, 1.82) is 0 Å². The second-order valence-electron chi connectivity index (χ2n) is 4.38. The van der Waals surface area contributed by atoms with Gasteiger partial charge in [-0.2, -0.15) is 13.2 Å². The number of nitrogens with zero attached hydrogens (tertiary/aromatic N) is 1. The van der Waals surface area contributed by atoms with Gasteiger partial charge in [-0.3, -0.25) is 0 Å². The number of hydrogen-bond acceptors (Lipinski definition) is 4. The van der Waals surface area contributed by atoms with Crippen molar-refractivity contribution in [1.82, 2.24) is 4.98 Å². The molecule has 4 nitrogen and oxygen atoms in total. The summed E-state index contributed by atoms with van der Waals surface area (Å²) in [7, 11) is 0. The fourth-order valence-electron chi connectivity index (χ4n) is 1.35. The maximum atomic E-state index is 12.6. The van der Waals surface area contributed by atoms with Gasteiger partial charge < -0.3 is 10.7 Å². The van der Waals surface area contributed by atoms with Crippen molar-refractivity contribution < 1.29 is 13.2 Å². The van der Waals surface area contributed by atoms with Gasteiger partial charge in [0.25, 0.3) is 0 Å². The third-order valence-electron chi connectivity index (χ3n) is 2.33. The van der Waals surface area contributed by atoms with Gasteiger partial charge in [-0.25, -0.2) is 10.8 Å². The minimum Gasteiger partial charge on any atom is -0.370 e. The van der Waals surface area contributed by atoms with Crippen LogP contribution < -0.4 is 16.6 Å². The lowest BCUT2D eigenvalue weighted by molar-refractivity contribution is -0.137. The Labute approximate surface area is 104 Å². The second kappa shape index (κ2) is 5.90. The Morgan fingerprint density at radius 2 is 1.89 bits per heavy atom. The van der Waals surface area contributed by atoms with E-state index in [9.17, 15) is 13.2 Å². The van der Waals surface area contributed by atoms with E-state index in [1.54, 1.807) is 0 Å². The largest absolute Gasteiger partial charge is 0.416 e. The molecule has 0 unspecified atom stereocenters. The molecule has 0 radical (unpaired) electrons. The standard InChI is InChI=1S/C11H17F3N4/c1-7(2)3-4-16-9-5-8(11(12,13)14)6-10(17-9)18-15/h5-7H,3-4,15H2,1-2H3,(H2,16,17,18). The fourth-order valence-corrected chi connectivity index (χ4v) is 1.35. The van der Waals surface area contributed by atoms with Crippen molar-refractivity contribution in [2.24, 2.45) is 11.8 Å². The Morgan fingerprint density at radius 1 is 1.28 bits per heavy atom. The summed E-state index contributed by atoms with van der Waals surface area (Å²) in [5.74, 6) is 5.72. The van der Waals surface area contributed by atoms with E-state index in [0.717, 1.165) is 18.6 Å². The molecule has 0 aromatic carbocycles. The average Bonchev–Trinajstić information content (AvgIpc) is 2.27. The van der Waals surface area contributed by atoms with Crippen molar-refractivity contribution in [3.05, 3.63) is 17.7 Å². The Hall–Kier alpha value is -1.50. The monoisotopic (exact) mass is 262 g/mol. The highest BCUT2D eigenvalue weighted by molar-refractivity contribution is 5.49. The number of pyridine rings is 1. The van der Waals surface area contributed by atoms with Crippen LogP contribution in [0, 0.1) is 5.92 Å². The molecule has 0 aliphatic heterocycles. The van der Waals surface area contributed by atoms with Gasteiger partial charge in [-0.05, 0) is 24.5 Å². The van der Waals surface area contributed by atoms with Gasteiger partial charge in [-0.15, -0.1) is 0 Å². The van der Waals surface area contributed by atoms with Crippen LogP contribution >= 0.6 is 0 Å². The highest BCUT2D eigenvalue weighted by atomic mass is 19.4. The average molecular weight is 262 g/mol. The number of aromatic nitrogens is 1. The lowest BCUT2D eigenvalue weighted by Crippen LogP contribution is -2.14. The number of halogens is 3. The number of nitrogens with two attached hydrogens (primary N) is 1. The second-order valence-corrected chi connectivity index (χ2v) is 4.38. The Balaban J connectivity index is 2.84. The zero-order chi connectivity index (χ0) is 13.8. The molecule has 0 amide bonds. The number of rotatable bonds is 5. The molecule has 0 fully saturated rings. The van der Waals surface area contributed by atoms with Crippen LogP contribution in [0.4, 0.5) is 24.8 Å². The third-order valence-corrected chi connectivity index (χ3v) is 2.33. The van der Waals surface area contributed by atoms with Crippen molar-refractivity contribution in [3.63, 3.8) is 0 Å². The Morgan fingerprint density at radius 3 is 2.39 bits per heavy atom. The minimum absolute atomic E-state index is 0.0168. The normalized spacial score (nSPS) is 11.7. The van der Waals surface area contributed by atoms with Gasteiger partial charge in [0.2, 0.25) is 0 Å². The molecule has 1 rings (SSSR count). The van der Waals surface area contributed by atoms with E-state index in [1.807, 2.05) is 13.8 Å². The van der Waals surface area contributed by atoms with Crippen LogP contribution in [0.25, 0.3) is 0 Å². The first kappa shape index (κ1) is 14.6. The number of hydrazine groups is 1. The number of hydrogen-bond donors (Lipinski definition) is 3. The molecule has 1 aromatic rings. The van der Waals surface area contributed by atoms with Crippen molar-refractivity contribution in [3.8, 4) is 0 Å². The van der Waals surface area contributed by atoms with Crippen molar-refractivity contribution in [2.45, 2.75) is 26.4 Å². The van der Waals surface area contributed by atoms with Gasteiger partial charge >= 0.3 is 6.18 Å². The van der Waals surface area contributed by atoms with Gasteiger partial charge in [0, 0.05) is 6.54 Å². The predicted octanol–water partition coefficient (Wildman–Crippen LogP) is 2.84. The third kappa shape index (κ3) is 4.40. The van der Waals surface area contributed by atoms with Crippen LogP contribution in [0.5, 0.6) is 0 Å². The summed E-state index contributed by atoms with van der Waals surface area (Å²) in [6, 6.07) is 1.84. The molecule has 0 bridgehead atoms. The van der Waals surface area contributed by atoms with E-state index in [0.29, 0.717) is 12.5 Å². The van der Waals surface area contributed by atoms with E-state index < -0.39 is 11.7 Å². The van der Waals surface area contributed by atoms with Crippen LogP contribution in [-0.4, -0.2) is 11.5 Å². The molecular formula is C11H17F3N4. The molecule has 18 heavy (non-hydrogen) atoms. The smallest absolute Gasteiger partial charge is 0.370 e. The molecule has 102 valence electrons. The Bertz CT molecular complexity index is 390. The highest BCUT2D eigenvalue weighted by Gasteiger charge is 2.31. The van der Waals surface area contributed by atoms with E-state index in [1.165, 1.54) is 0 Å². The van der Waals surface area contributed by atoms with Gasteiger partial charge in [-0.1, -0.05) is 13.8 Å². The van der Waals surface area contributed by atoms with Gasteiger partial charge in [0.15, 0.2) is 0 Å². The number of anilines is 2. The first-order chi connectivity index (χ1) is 8.32. The SMILES string of the molecule is CC(C)CCNc1cc(C(F)(F)F)cc(NN)n1. The van der Waals surface area contributed by atoms with Gasteiger partial charge in [0.1, 0.15) is 11.6 Å². The van der Waals surface area contributed by atoms with Crippen LogP contribution in [0.3, 0.4) is 0 Å². The molecular weight excluding hydrogens is 245 g/mol. The van der Waals surface area contributed by atoms with Crippen molar-refractivity contribution in [2.75, 3.05) is 17.3 Å². The minimum atomic E-state index is -4.41. The quantitative estimate of drug-likeness (QED) is 0.564. The Kier molecular flexibility index (Phi) is 4.77. The van der Waals surface area contributed by atoms with E-state index in [-0.39, 0.29) is 11.6 Å². The summed E-state index contributed by atoms with van der Waals surface area (Å²) >= 11 is 0. The first-order valence-electron chi connectivity index (χ1n) is 5.62. The predicted molar refractivity (Wildman–Crippen MR) is 65.0 cm³/mol. The zero-order valence-corrected chi connectivity index (χ0v) is 10.3. The molecule has 0 atom stereocenters. The molecule has 0 saturated heterocycles. The van der Waals surface area contributed by atoms with Crippen molar-refractivity contribution >= 4 is 11.6 Å². The molecule has 1 aromatic heterocycles. The topological polar surface area (TPSA) is 63.0 Å². The molecule has 0 saturated carbocycles. The zero-order valence-electron chi connectivity index (χ0n) is 10.3. The summed E-state index contributed by atoms with van der Waals surface area (Å²) in [4.78, 5) is 3.92. The molecule has 0 aliphatic carbocycles. The molecule has 0 aliphatic rings. The maximum absolute atomic E-state index is 12.6. The summed E-state index contributed by atoms with van der Waals surface area (Å²) in [5, 5.41) is 2.86. The van der Waals surface area contributed by atoms with Crippen LogP contribution in [0.15, 0.2) is 12.1 Å². The van der Waals surface area contributed by atoms with Gasteiger partial charge in [0.05, 0.1) is 5.56 Å². The van der Waals surface area contributed by atoms with Crippen LogP contribution in [0.2, 0.25) is 0 Å². The van der Waals surface area contributed by atoms with Crippen LogP contribution in [-0.2, 0) is 6.18 Å². The van der Waals surface area contributed by atoms with E-state index in [2.05, 4.69) is 15.7 Å². The molecule has 4 N–H and O–H groups in total. The number of alkyl halides is 3. The lowest BCUT2D eigenvalue weighted by Gasteiger charge is -2.13. The summed E-state index contributed by atoms with van der Waals surface area (Å²) in [6.45, 7) is 4.64. The lowest BCUT2D eigenvalue weighted by atomic mass is 10.1. The number of nitrogen functional groups attached to an aromatic ring is 1. The molecule has 7 heteroatoms. The summed E-state index contributed by atoms with van der Waals surface area (Å²) in [5.41, 5.74) is 1.35. The van der Waals surface area contributed by atoms with E-state index in [4.69, 9.17) is 5.84 Å². The first-order valence-corrected chi connectivity index (χ1v) is 5.62. The highest BCUT2D eigenvalue weighted by Crippen LogP contribution is 2.31. The maximum Gasteiger partial charge on any atom is 0.416 e. The summed E-state index contributed by atoms with van der Waals surface area (Å²) < 4.78 is 37.8.